The van der Waals surface area contributed by atoms with E-state index < -0.39 is 0 Å². The summed E-state index contributed by atoms with van der Waals surface area (Å²) in [7, 11) is 6.04. The van der Waals surface area contributed by atoms with Crippen molar-refractivity contribution in [3.8, 4) is 0 Å². The minimum Gasteiger partial charge on any atom is -0.337 e. The molecule has 1 aromatic rings. The Bertz CT molecular complexity index is 478. The van der Waals surface area contributed by atoms with Crippen LogP contribution in [0.5, 0.6) is 0 Å². The zero-order valence-corrected chi connectivity index (χ0v) is 13.1. The summed E-state index contributed by atoms with van der Waals surface area (Å²) in [6.07, 6.45) is 6.18. The van der Waals surface area contributed by atoms with Crippen molar-refractivity contribution < 1.29 is 4.79 Å². The monoisotopic (exact) mass is 295 g/mol. The summed E-state index contributed by atoms with van der Waals surface area (Å²) < 4.78 is 0. The summed E-state index contributed by atoms with van der Waals surface area (Å²) in [5.74, 6) is -0.0400. The third kappa shape index (κ3) is 3.13. The second kappa shape index (κ2) is 6.55. The normalized spacial score (nSPS) is 22.9. The molecule has 4 nitrogen and oxygen atoms in total. The van der Waals surface area contributed by atoms with E-state index in [1.54, 1.807) is 18.3 Å². The third-order valence-corrected chi connectivity index (χ3v) is 4.47. The van der Waals surface area contributed by atoms with Gasteiger partial charge in [-0.25, -0.2) is 4.98 Å². The lowest BCUT2D eigenvalue weighted by atomic mass is 9.88. The lowest BCUT2D eigenvalue weighted by Crippen LogP contribution is -2.51. The number of carbonyl (C=O) groups is 1. The fraction of sp³-hybridized carbons (Fsp3) is 0.600. The summed E-state index contributed by atoms with van der Waals surface area (Å²) in [4.78, 5) is 20.7. The smallest absolute Gasteiger partial charge is 0.257 e. The molecule has 5 heteroatoms. The van der Waals surface area contributed by atoms with Crippen molar-refractivity contribution >= 4 is 17.5 Å². The van der Waals surface area contributed by atoms with Crippen LogP contribution in [0.25, 0.3) is 0 Å². The summed E-state index contributed by atoms with van der Waals surface area (Å²) in [6.45, 7) is 0. The number of pyridine rings is 1. The molecule has 0 aliphatic heterocycles. The molecule has 2 atom stereocenters. The quantitative estimate of drug-likeness (QED) is 0.805. The fourth-order valence-electron chi connectivity index (χ4n) is 3.03. The number of likely N-dealkylation sites (N-methyl/N-ethyl adjacent to an activating group) is 2. The summed E-state index contributed by atoms with van der Waals surface area (Å²) in [5, 5.41) is 0.279. The minimum absolute atomic E-state index is 0.0400. The van der Waals surface area contributed by atoms with Gasteiger partial charge in [-0.05, 0) is 39.1 Å². The van der Waals surface area contributed by atoms with E-state index in [0.717, 1.165) is 12.8 Å². The highest BCUT2D eigenvalue weighted by Gasteiger charge is 2.32. The molecule has 1 amide bonds. The highest BCUT2D eigenvalue weighted by Crippen LogP contribution is 2.27. The Kier molecular flexibility index (Phi) is 5.00. The van der Waals surface area contributed by atoms with Crippen LogP contribution in [0.2, 0.25) is 5.15 Å². The molecule has 1 aliphatic rings. The van der Waals surface area contributed by atoms with E-state index in [4.69, 9.17) is 11.6 Å². The maximum Gasteiger partial charge on any atom is 0.257 e. The Labute approximate surface area is 125 Å². The highest BCUT2D eigenvalue weighted by molar-refractivity contribution is 6.32. The first-order chi connectivity index (χ1) is 9.52. The largest absolute Gasteiger partial charge is 0.337 e. The Balaban J connectivity index is 2.19. The van der Waals surface area contributed by atoms with E-state index in [1.165, 1.54) is 12.8 Å². The van der Waals surface area contributed by atoms with Crippen LogP contribution in [0.1, 0.15) is 36.0 Å². The topological polar surface area (TPSA) is 36.4 Å². The maximum atomic E-state index is 12.6. The van der Waals surface area contributed by atoms with Crippen LogP contribution in [0.15, 0.2) is 18.3 Å². The van der Waals surface area contributed by atoms with Gasteiger partial charge in [0.25, 0.3) is 5.91 Å². The van der Waals surface area contributed by atoms with Crippen LogP contribution in [0.4, 0.5) is 0 Å². The summed E-state index contributed by atoms with van der Waals surface area (Å²) in [5.41, 5.74) is 0.486. The summed E-state index contributed by atoms with van der Waals surface area (Å²) >= 11 is 6.03. The van der Waals surface area contributed by atoms with Gasteiger partial charge >= 0.3 is 0 Å². The van der Waals surface area contributed by atoms with Crippen LogP contribution in [0, 0.1) is 0 Å². The molecule has 0 unspecified atom stereocenters. The second-order valence-electron chi connectivity index (χ2n) is 5.64. The molecule has 0 saturated heterocycles. The minimum atomic E-state index is -0.0400. The number of rotatable bonds is 3. The van der Waals surface area contributed by atoms with E-state index in [2.05, 4.69) is 24.0 Å². The third-order valence-electron chi connectivity index (χ3n) is 4.16. The molecular weight excluding hydrogens is 274 g/mol. The van der Waals surface area contributed by atoms with Crippen LogP contribution < -0.4 is 0 Å². The maximum absolute atomic E-state index is 12.6. The lowest BCUT2D eigenvalue weighted by Gasteiger charge is -2.41. The number of aromatic nitrogens is 1. The number of hydrogen-bond donors (Lipinski definition) is 0. The van der Waals surface area contributed by atoms with Crippen molar-refractivity contribution in [2.24, 2.45) is 0 Å². The first-order valence-corrected chi connectivity index (χ1v) is 7.44. The Morgan fingerprint density at radius 2 is 1.90 bits per heavy atom. The number of amides is 1. The zero-order valence-electron chi connectivity index (χ0n) is 12.3. The van der Waals surface area contributed by atoms with Crippen LogP contribution >= 0.6 is 11.6 Å². The van der Waals surface area contributed by atoms with Crippen molar-refractivity contribution in [1.29, 1.82) is 0 Å². The number of carbonyl (C=O) groups excluding carboxylic acids is 1. The summed E-state index contributed by atoms with van der Waals surface area (Å²) in [6, 6.07) is 4.13. The molecule has 1 fully saturated rings. The van der Waals surface area contributed by atoms with Crippen molar-refractivity contribution in [3.05, 3.63) is 29.0 Å². The molecule has 20 heavy (non-hydrogen) atoms. The van der Waals surface area contributed by atoms with Crippen molar-refractivity contribution in [1.82, 2.24) is 14.8 Å². The molecule has 1 aliphatic carbocycles. The average Bonchev–Trinajstić information content (AvgIpc) is 2.46. The number of halogens is 1. The predicted octanol–water partition coefficient (Wildman–Crippen LogP) is 2.68. The Morgan fingerprint density at radius 3 is 2.50 bits per heavy atom. The van der Waals surface area contributed by atoms with E-state index >= 15 is 0 Å². The molecule has 110 valence electrons. The Hall–Kier alpha value is -1.13. The van der Waals surface area contributed by atoms with Crippen molar-refractivity contribution in [3.63, 3.8) is 0 Å². The molecule has 0 spiro atoms. The first-order valence-electron chi connectivity index (χ1n) is 7.06. The molecule has 0 aromatic carbocycles. The molecular formula is C15H22ClN3O. The van der Waals surface area contributed by atoms with Gasteiger partial charge in [-0.2, -0.15) is 0 Å². The van der Waals surface area contributed by atoms with Gasteiger partial charge in [0, 0.05) is 25.3 Å². The van der Waals surface area contributed by atoms with E-state index in [9.17, 15) is 4.79 Å². The van der Waals surface area contributed by atoms with Gasteiger partial charge in [0.1, 0.15) is 5.15 Å². The standard InChI is InChI=1S/C15H22ClN3O/c1-18(2)12-8-4-5-9-13(12)19(3)15(20)11-7-6-10-17-14(11)16/h6-7,10,12-13H,4-5,8-9H2,1-3H3/t12-,13-/m1/s1. The number of nitrogens with zero attached hydrogens (tertiary/aromatic N) is 3. The van der Waals surface area contributed by atoms with E-state index in [0.29, 0.717) is 11.6 Å². The number of hydrogen-bond acceptors (Lipinski definition) is 3. The van der Waals surface area contributed by atoms with Crippen molar-refractivity contribution in [2.45, 2.75) is 37.8 Å². The van der Waals surface area contributed by atoms with Gasteiger partial charge in [0.05, 0.1) is 5.56 Å². The second-order valence-corrected chi connectivity index (χ2v) is 6.00. The SMILES string of the molecule is CN(C)[C@@H]1CCCC[C@H]1N(C)C(=O)c1cccnc1Cl. The molecule has 1 aromatic heterocycles. The average molecular weight is 296 g/mol. The van der Waals surface area contributed by atoms with Gasteiger partial charge in [-0.3, -0.25) is 4.79 Å². The van der Waals surface area contributed by atoms with Crippen LogP contribution in [0.3, 0.4) is 0 Å². The van der Waals surface area contributed by atoms with Crippen molar-refractivity contribution in [2.75, 3.05) is 21.1 Å². The van der Waals surface area contributed by atoms with Gasteiger partial charge in [0.15, 0.2) is 0 Å². The van der Waals surface area contributed by atoms with E-state index in [-0.39, 0.29) is 17.1 Å². The predicted molar refractivity (Wildman–Crippen MR) is 81.1 cm³/mol. The zero-order chi connectivity index (χ0) is 14.7. The highest BCUT2D eigenvalue weighted by atomic mass is 35.5. The van der Waals surface area contributed by atoms with Gasteiger partial charge in [-0.15, -0.1) is 0 Å². The van der Waals surface area contributed by atoms with Gasteiger partial charge in [0.2, 0.25) is 0 Å². The van der Waals surface area contributed by atoms with Gasteiger partial charge < -0.3 is 9.80 Å². The Morgan fingerprint density at radius 1 is 1.25 bits per heavy atom. The molecule has 1 heterocycles. The first kappa shape index (κ1) is 15.3. The van der Waals surface area contributed by atoms with Crippen LogP contribution in [-0.2, 0) is 0 Å². The molecule has 0 bridgehead atoms. The van der Waals surface area contributed by atoms with E-state index in [1.807, 2.05) is 11.9 Å². The molecule has 1 saturated carbocycles. The van der Waals surface area contributed by atoms with Crippen LogP contribution in [-0.4, -0.2) is 53.9 Å². The fourth-order valence-corrected chi connectivity index (χ4v) is 3.23. The lowest BCUT2D eigenvalue weighted by molar-refractivity contribution is 0.0544. The molecule has 0 N–H and O–H groups in total. The van der Waals surface area contributed by atoms with Gasteiger partial charge in [-0.1, -0.05) is 24.4 Å². The molecule has 0 radical (unpaired) electrons. The molecule has 2 rings (SSSR count).